The van der Waals surface area contributed by atoms with E-state index in [9.17, 15) is 35.9 Å². The number of Topliss-reactive ketones (excluding diaryl/α,β-unsaturated/α-hetero) is 1. The van der Waals surface area contributed by atoms with Crippen molar-refractivity contribution in [2.45, 2.75) is 89.7 Å². The number of nitrogens with one attached hydrogen (secondary N) is 2. The van der Waals surface area contributed by atoms with Crippen molar-refractivity contribution in [3.63, 3.8) is 0 Å². The zero-order valence-corrected chi connectivity index (χ0v) is 23.3. The summed E-state index contributed by atoms with van der Waals surface area (Å²) in [6.07, 6.45) is -8.24. The first-order valence-electron chi connectivity index (χ1n) is 13.3. The predicted octanol–water partition coefficient (Wildman–Crippen LogP) is 8.57. The monoisotopic (exact) mass is 584 g/mol. The molecule has 1 aromatic heterocycles. The van der Waals surface area contributed by atoms with Gasteiger partial charge in [-0.1, -0.05) is 38.0 Å². The summed E-state index contributed by atoms with van der Waals surface area (Å²) in [7, 11) is 0. The van der Waals surface area contributed by atoms with Crippen molar-refractivity contribution in [1.82, 2.24) is 10.3 Å². The molecule has 0 saturated carbocycles. The van der Waals surface area contributed by atoms with Crippen LogP contribution >= 0.6 is 0 Å². The van der Waals surface area contributed by atoms with Gasteiger partial charge in [-0.3, -0.25) is 4.79 Å². The molecule has 3 aromatic rings. The van der Waals surface area contributed by atoms with Crippen molar-refractivity contribution in [2.24, 2.45) is 0 Å². The number of hydrogen-bond donors (Lipinski definition) is 2. The lowest BCUT2D eigenvalue weighted by Crippen LogP contribution is -2.45. The van der Waals surface area contributed by atoms with Gasteiger partial charge in [-0.25, -0.2) is 4.79 Å². The standard InChI is InChI=1S/C30H34F6N2O3/c1-5-6-9-18(19-12-21(29(31,32)33)16-22(13-19)30(34,35)36)15-26(39)25(38-27(40)41-28(2,3)4)14-20-17-37-24-11-8-7-10-23(20)24/h7-8,10-13,16-18,25,37H,5-6,9,14-15H2,1-4H3,(H,38,40). The first-order valence-corrected chi connectivity index (χ1v) is 13.3. The van der Waals surface area contributed by atoms with E-state index in [0.717, 1.165) is 10.9 Å². The van der Waals surface area contributed by atoms with Crippen molar-refractivity contribution in [3.8, 4) is 0 Å². The Kier molecular flexibility index (Phi) is 9.81. The molecule has 224 valence electrons. The molecule has 5 nitrogen and oxygen atoms in total. The summed E-state index contributed by atoms with van der Waals surface area (Å²) in [5.74, 6) is -1.47. The van der Waals surface area contributed by atoms with Crippen LogP contribution in [0.1, 0.15) is 81.5 Å². The first kappa shape index (κ1) is 32.0. The maximum absolute atomic E-state index is 13.7. The van der Waals surface area contributed by atoms with Gasteiger partial charge in [-0.15, -0.1) is 0 Å². The van der Waals surface area contributed by atoms with E-state index in [2.05, 4.69) is 10.3 Å². The molecule has 0 spiro atoms. The van der Waals surface area contributed by atoms with Gasteiger partial charge in [0.2, 0.25) is 0 Å². The normalized spacial score (nSPS) is 14.1. The quantitative estimate of drug-likeness (QED) is 0.235. The molecule has 2 unspecified atom stereocenters. The van der Waals surface area contributed by atoms with E-state index in [1.54, 1.807) is 27.0 Å². The number of halogens is 6. The molecule has 1 heterocycles. The number of rotatable bonds is 10. The van der Waals surface area contributed by atoms with Crippen LogP contribution in [0.25, 0.3) is 10.9 Å². The maximum atomic E-state index is 13.7. The van der Waals surface area contributed by atoms with Crippen molar-refractivity contribution in [1.29, 1.82) is 0 Å². The number of aromatic amines is 1. The molecule has 11 heteroatoms. The number of carbonyl (C=O) groups is 2. The van der Waals surface area contributed by atoms with Crippen molar-refractivity contribution < 1.29 is 40.7 Å². The number of aromatic nitrogens is 1. The number of amides is 1. The van der Waals surface area contributed by atoms with E-state index in [0.29, 0.717) is 30.5 Å². The van der Waals surface area contributed by atoms with Crippen LogP contribution in [0, 0.1) is 0 Å². The minimum absolute atomic E-state index is 0.0407. The summed E-state index contributed by atoms with van der Waals surface area (Å²) in [4.78, 5) is 29.4. The Morgan fingerprint density at radius 3 is 2.12 bits per heavy atom. The largest absolute Gasteiger partial charge is 0.444 e. The molecule has 0 aliphatic heterocycles. The lowest BCUT2D eigenvalue weighted by molar-refractivity contribution is -0.143. The number of ketones is 1. The van der Waals surface area contributed by atoms with Gasteiger partial charge >= 0.3 is 18.4 Å². The fraction of sp³-hybridized carbons (Fsp3) is 0.467. The highest BCUT2D eigenvalue weighted by Crippen LogP contribution is 2.39. The van der Waals surface area contributed by atoms with Gasteiger partial charge in [-0.05, 0) is 68.5 Å². The number of fused-ring (bicyclic) bond motifs is 1. The third-order valence-corrected chi connectivity index (χ3v) is 6.61. The molecule has 2 atom stereocenters. The van der Waals surface area contributed by atoms with Gasteiger partial charge in [0, 0.05) is 29.9 Å². The zero-order valence-electron chi connectivity index (χ0n) is 23.3. The van der Waals surface area contributed by atoms with Crippen LogP contribution in [0.4, 0.5) is 31.1 Å². The van der Waals surface area contributed by atoms with Crippen LogP contribution < -0.4 is 5.32 Å². The predicted molar refractivity (Wildman–Crippen MR) is 143 cm³/mol. The lowest BCUT2D eigenvalue weighted by atomic mass is 9.85. The second kappa shape index (κ2) is 12.6. The van der Waals surface area contributed by atoms with Gasteiger partial charge < -0.3 is 15.0 Å². The third kappa shape index (κ3) is 8.99. The van der Waals surface area contributed by atoms with Crippen LogP contribution in [-0.2, 0) is 28.3 Å². The van der Waals surface area contributed by atoms with Gasteiger partial charge in [0.25, 0.3) is 0 Å². The number of alkyl halides is 6. The third-order valence-electron chi connectivity index (χ3n) is 6.61. The van der Waals surface area contributed by atoms with E-state index < -0.39 is 52.9 Å². The zero-order chi connectivity index (χ0) is 30.6. The lowest BCUT2D eigenvalue weighted by Gasteiger charge is -2.25. The van der Waals surface area contributed by atoms with Crippen LogP contribution in [0.5, 0.6) is 0 Å². The Bertz CT molecular complexity index is 1320. The summed E-state index contributed by atoms with van der Waals surface area (Å²) in [6.45, 7) is 6.78. The van der Waals surface area contributed by atoms with E-state index in [-0.39, 0.29) is 30.9 Å². The smallest absolute Gasteiger partial charge is 0.416 e. The molecule has 3 rings (SSSR count). The minimum atomic E-state index is -5.01. The van der Waals surface area contributed by atoms with Crippen LogP contribution in [0.3, 0.4) is 0 Å². The molecular formula is C30H34F6N2O3. The molecule has 1 amide bonds. The number of ether oxygens (including phenoxy) is 1. The Balaban J connectivity index is 1.99. The van der Waals surface area contributed by atoms with Gasteiger partial charge in [-0.2, -0.15) is 26.3 Å². The molecule has 0 fully saturated rings. The highest BCUT2D eigenvalue weighted by atomic mass is 19.4. The SMILES string of the molecule is CCCCC(CC(=O)C(Cc1c[nH]c2ccccc12)NC(=O)OC(C)(C)C)c1cc(C(F)(F)F)cc(C(F)(F)F)c1. The van der Waals surface area contributed by atoms with Gasteiger partial charge in [0.05, 0.1) is 17.2 Å². The summed E-state index contributed by atoms with van der Waals surface area (Å²) in [5.41, 5.74) is -2.45. The molecule has 41 heavy (non-hydrogen) atoms. The molecule has 0 aliphatic carbocycles. The van der Waals surface area contributed by atoms with Crippen LogP contribution in [0.2, 0.25) is 0 Å². The number of benzene rings is 2. The topological polar surface area (TPSA) is 71.2 Å². The highest BCUT2D eigenvalue weighted by Gasteiger charge is 2.38. The Labute approximate surface area is 234 Å². The number of unbranched alkanes of at least 4 members (excludes halogenated alkanes) is 1. The van der Waals surface area contributed by atoms with Crippen LogP contribution in [-0.4, -0.2) is 28.5 Å². The maximum Gasteiger partial charge on any atom is 0.416 e. The molecular weight excluding hydrogens is 550 g/mol. The second-order valence-electron chi connectivity index (χ2n) is 11.1. The van der Waals surface area contributed by atoms with E-state index in [1.807, 2.05) is 31.2 Å². The average Bonchev–Trinajstić information content (AvgIpc) is 3.26. The fourth-order valence-corrected chi connectivity index (χ4v) is 4.65. The van der Waals surface area contributed by atoms with Gasteiger partial charge in [0.15, 0.2) is 5.78 Å². The van der Waals surface area contributed by atoms with E-state index in [4.69, 9.17) is 4.74 Å². The Morgan fingerprint density at radius 2 is 1.56 bits per heavy atom. The number of para-hydroxylation sites is 1. The summed E-state index contributed by atoms with van der Waals surface area (Å²) < 4.78 is 86.7. The van der Waals surface area contributed by atoms with Crippen molar-refractivity contribution >= 4 is 22.8 Å². The van der Waals surface area contributed by atoms with E-state index >= 15 is 0 Å². The first-order chi connectivity index (χ1) is 19.0. The molecule has 0 bridgehead atoms. The molecule has 0 saturated heterocycles. The molecule has 0 aliphatic rings. The average molecular weight is 585 g/mol. The number of hydrogen-bond acceptors (Lipinski definition) is 3. The number of alkyl carbamates (subject to hydrolysis) is 1. The summed E-state index contributed by atoms with van der Waals surface area (Å²) in [5, 5.41) is 3.39. The highest BCUT2D eigenvalue weighted by molar-refractivity contribution is 5.90. The minimum Gasteiger partial charge on any atom is -0.444 e. The molecule has 0 radical (unpaired) electrons. The number of H-pyrrole nitrogens is 1. The molecule has 2 N–H and O–H groups in total. The summed E-state index contributed by atoms with van der Waals surface area (Å²) >= 11 is 0. The van der Waals surface area contributed by atoms with Gasteiger partial charge in [0.1, 0.15) is 5.60 Å². The second-order valence-corrected chi connectivity index (χ2v) is 11.1. The Hall–Kier alpha value is -3.50. The summed E-state index contributed by atoms with van der Waals surface area (Å²) in [6, 6.07) is 7.60. The number of carbonyl (C=O) groups excluding carboxylic acids is 2. The van der Waals surface area contributed by atoms with Crippen molar-refractivity contribution in [2.75, 3.05) is 0 Å². The Morgan fingerprint density at radius 1 is 0.951 bits per heavy atom. The fourth-order valence-electron chi connectivity index (χ4n) is 4.65. The van der Waals surface area contributed by atoms with Crippen molar-refractivity contribution in [3.05, 3.63) is 70.9 Å². The molecule has 2 aromatic carbocycles. The van der Waals surface area contributed by atoms with E-state index in [1.165, 1.54) is 0 Å². The van der Waals surface area contributed by atoms with Crippen LogP contribution in [0.15, 0.2) is 48.7 Å².